The highest BCUT2D eigenvalue weighted by Crippen LogP contribution is 1.99. The second-order valence-corrected chi connectivity index (χ2v) is 4.09. The van der Waals surface area contributed by atoms with Gasteiger partial charge in [-0.05, 0) is 20.8 Å². The van der Waals surface area contributed by atoms with Gasteiger partial charge in [0.25, 0.3) is 0 Å². The molecule has 0 aliphatic heterocycles. The largest absolute Gasteiger partial charge is 0.447 e. The van der Waals surface area contributed by atoms with Crippen molar-refractivity contribution in [2.24, 2.45) is 0 Å². The first-order valence-corrected chi connectivity index (χ1v) is 4.57. The number of nitrogens with one attached hydrogen (secondary N) is 1. The number of halogens is 1. The molecule has 0 heterocycles. The van der Waals surface area contributed by atoms with E-state index in [0.29, 0.717) is 0 Å². The Bertz CT molecular complexity index is 167. The SMILES string of the molecule is CC(C)(C)NC(=O)OC[C@H](O)CCl. The van der Waals surface area contributed by atoms with Crippen LogP contribution in [0.2, 0.25) is 0 Å². The molecule has 2 N–H and O–H groups in total. The maximum atomic E-state index is 11.0. The summed E-state index contributed by atoms with van der Waals surface area (Å²) < 4.78 is 4.69. The molecular weight excluding hydrogens is 194 g/mol. The number of amides is 1. The van der Waals surface area contributed by atoms with Gasteiger partial charge in [-0.15, -0.1) is 11.6 Å². The zero-order valence-electron chi connectivity index (χ0n) is 8.13. The summed E-state index contributed by atoms with van der Waals surface area (Å²) in [6, 6.07) is 0. The van der Waals surface area contributed by atoms with Crippen molar-refractivity contribution in [1.29, 1.82) is 0 Å². The third kappa shape index (κ3) is 7.87. The maximum absolute atomic E-state index is 11.0. The summed E-state index contributed by atoms with van der Waals surface area (Å²) in [5.74, 6) is 0.0583. The van der Waals surface area contributed by atoms with E-state index in [-0.39, 0.29) is 18.0 Å². The number of carbonyl (C=O) groups is 1. The first kappa shape index (κ1) is 12.5. The minimum atomic E-state index is -0.799. The van der Waals surface area contributed by atoms with Gasteiger partial charge in [0.1, 0.15) is 12.7 Å². The van der Waals surface area contributed by atoms with Crippen LogP contribution in [0.25, 0.3) is 0 Å². The van der Waals surface area contributed by atoms with E-state index in [1.54, 1.807) is 0 Å². The van der Waals surface area contributed by atoms with Crippen LogP contribution in [-0.4, -0.2) is 35.3 Å². The van der Waals surface area contributed by atoms with Crippen molar-refractivity contribution in [3.05, 3.63) is 0 Å². The normalized spacial score (nSPS) is 13.6. The fraction of sp³-hybridized carbons (Fsp3) is 0.875. The van der Waals surface area contributed by atoms with Gasteiger partial charge in [-0.3, -0.25) is 0 Å². The van der Waals surface area contributed by atoms with Crippen LogP contribution in [0.15, 0.2) is 0 Å². The van der Waals surface area contributed by atoms with Crippen LogP contribution in [0.4, 0.5) is 4.79 Å². The Morgan fingerprint density at radius 1 is 1.62 bits per heavy atom. The Labute approximate surface area is 83.2 Å². The highest BCUT2D eigenvalue weighted by atomic mass is 35.5. The van der Waals surface area contributed by atoms with E-state index < -0.39 is 12.2 Å². The molecular formula is C8H16ClNO3. The number of rotatable bonds is 3. The second kappa shape index (κ2) is 5.29. The van der Waals surface area contributed by atoms with E-state index >= 15 is 0 Å². The summed E-state index contributed by atoms with van der Waals surface area (Å²) in [5, 5.41) is 11.6. The predicted octanol–water partition coefficient (Wildman–Crippen LogP) is 1.11. The van der Waals surface area contributed by atoms with Crippen LogP contribution in [0, 0.1) is 0 Å². The predicted molar refractivity (Wildman–Crippen MR) is 51.0 cm³/mol. The minimum absolute atomic E-state index is 0.0583. The number of alkyl halides is 1. The molecule has 0 unspecified atom stereocenters. The number of aliphatic hydroxyl groups is 1. The number of ether oxygens (including phenoxy) is 1. The molecule has 0 aliphatic rings. The molecule has 78 valence electrons. The van der Waals surface area contributed by atoms with Crippen molar-refractivity contribution < 1.29 is 14.6 Å². The number of aliphatic hydroxyl groups excluding tert-OH is 1. The quantitative estimate of drug-likeness (QED) is 0.685. The van der Waals surface area contributed by atoms with Gasteiger partial charge in [-0.25, -0.2) is 4.79 Å². The third-order valence-corrected chi connectivity index (χ3v) is 1.42. The molecule has 0 bridgehead atoms. The summed E-state index contributed by atoms with van der Waals surface area (Å²) in [6.07, 6.45) is -1.34. The standard InChI is InChI=1S/C8H16ClNO3/c1-8(2,3)10-7(12)13-5-6(11)4-9/h6,11H,4-5H2,1-3H3,(H,10,12)/t6-/m1/s1. The minimum Gasteiger partial charge on any atom is -0.447 e. The lowest BCUT2D eigenvalue weighted by Gasteiger charge is -2.20. The monoisotopic (exact) mass is 209 g/mol. The van der Waals surface area contributed by atoms with E-state index in [1.807, 2.05) is 20.8 Å². The van der Waals surface area contributed by atoms with E-state index in [0.717, 1.165) is 0 Å². The molecule has 0 spiro atoms. The summed E-state index contributed by atoms with van der Waals surface area (Å²) in [4.78, 5) is 11.0. The maximum Gasteiger partial charge on any atom is 0.407 e. The van der Waals surface area contributed by atoms with Crippen LogP contribution in [0.3, 0.4) is 0 Å². The first-order chi connectivity index (χ1) is 5.85. The van der Waals surface area contributed by atoms with Gasteiger partial charge in [-0.2, -0.15) is 0 Å². The van der Waals surface area contributed by atoms with E-state index in [4.69, 9.17) is 16.7 Å². The van der Waals surface area contributed by atoms with Gasteiger partial charge in [0.05, 0.1) is 5.88 Å². The molecule has 0 fully saturated rings. The summed E-state index contributed by atoms with van der Waals surface area (Å²) in [5.41, 5.74) is -0.330. The van der Waals surface area contributed by atoms with Crippen molar-refractivity contribution >= 4 is 17.7 Å². The van der Waals surface area contributed by atoms with Crippen LogP contribution < -0.4 is 5.32 Å². The molecule has 13 heavy (non-hydrogen) atoms. The molecule has 0 aliphatic carbocycles. The van der Waals surface area contributed by atoms with Crippen molar-refractivity contribution in [2.45, 2.75) is 32.4 Å². The average molecular weight is 210 g/mol. The van der Waals surface area contributed by atoms with E-state index in [9.17, 15) is 4.79 Å². The number of hydrogen-bond acceptors (Lipinski definition) is 3. The van der Waals surface area contributed by atoms with Gasteiger partial charge in [-0.1, -0.05) is 0 Å². The molecule has 0 saturated heterocycles. The molecule has 5 heteroatoms. The molecule has 0 aromatic carbocycles. The van der Waals surface area contributed by atoms with E-state index in [1.165, 1.54) is 0 Å². The number of carbonyl (C=O) groups excluding carboxylic acids is 1. The molecule has 0 rings (SSSR count). The van der Waals surface area contributed by atoms with Crippen LogP contribution >= 0.6 is 11.6 Å². The Hall–Kier alpha value is -0.480. The zero-order valence-corrected chi connectivity index (χ0v) is 8.89. The van der Waals surface area contributed by atoms with E-state index in [2.05, 4.69) is 10.1 Å². The van der Waals surface area contributed by atoms with Gasteiger partial charge >= 0.3 is 6.09 Å². The van der Waals surface area contributed by atoms with Crippen LogP contribution in [0.5, 0.6) is 0 Å². The van der Waals surface area contributed by atoms with Gasteiger partial charge in [0, 0.05) is 5.54 Å². The van der Waals surface area contributed by atoms with Crippen molar-refractivity contribution in [1.82, 2.24) is 5.32 Å². The lowest BCUT2D eigenvalue weighted by molar-refractivity contribution is 0.0758. The van der Waals surface area contributed by atoms with Crippen LogP contribution in [0.1, 0.15) is 20.8 Å². The van der Waals surface area contributed by atoms with Crippen molar-refractivity contribution in [2.75, 3.05) is 12.5 Å². The highest BCUT2D eigenvalue weighted by molar-refractivity contribution is 6.18. The zero-order chi connectivity index (χ0) is 10.5. The molecule has 1 amide bonds. The molecule has 0 aromatic heterocycles. The smallest absolute Gasteiger partial charge is 0.407 e. The number of hydrogen-bond donors (Lipinski definition) is 2. The Morgan fingerprint density at radius 3 is 2.54 bits per heavy atom. The molecule has 4 nitrogen and oxygen atoms in total. The van der Waals surface area contributed by atoms with Crippen LogP contribution in [-0.2, 0) is 4.74 Å². The Morgan fingerprint density at radius 2 is 2.15 bits per heavy atom. The fourth-order valence-electron chi connectivity index (χ4n) is 0.559. The summed E-state index contributed by atoms with van der Waals surface area (Å²) in [7, 11) is 0. The summed E-state index contributed by atoms with van der Waals surface area (Å²) in [6.45, 7) is 5.44. The Balaban J connectivity index is 3.64. The molecule has 0 saturated carbocycles. The highest BCUT2D eigenvalue weighted by Gasteiger charge is 2.15. The first-order valence-electron chi connectivity index (χ1n) is 4.04. The average Bonchev–Trinajstić information content (AvgIpc) is 1.97. The summed E-state index contributed by atoms with van der Waals surface area (Å²) >= 11 is 5.31. The lowest BCUT2D eigenvalue weighted by atomic mass is 10.1. The van der Waals surface area contributed by atoms with Crippen molar-refractivity contribution in [3.8, 4) is 0 Å². The Kier molecular flexibility index (Phi) is 5.10. The lowest BCUT2D eigenvalue weighted by Crippen LogP contribution is -2.41. The van der Waals surface area contributed by atoms with Crippen molar-refractivity contribution in [3.63, 3.8) is 0 Å². The number of alkyl carbamates (subject to hydrolysis) is 1. The van der Waals surface area contributed by atoms with Gasteiger partial charge < -0.3 is 15.2 Å². The van der Waals surface area contributed by atoms with Gasteiger partial charge in [0.2, 0.25) is 0 Å². The second-order valence-electron chi connectivity index (χ2n) is 3.78. The third-order valence-electron chi connectivity index (χ3n) is 1.06. The van der Waals surface area contributed by atoms with Gasteiger partial charge in [0.15, 0.2) is 0 Å². The topological polar surface area (TPSA) is 58.6 Å². The fourth-order valence-corrected chi connectivity index (χ4v) is 0.648. The molecule has 1 atom stereocenters. The molecule has 0 radical (unpaired) electrons. The molecule has 0 aromatic rings.